The molecule has 2 N–H and O–H groups in total. The second-order valence-electron chi connectivity index (χ2n) is 2.91. The molecule has 0 amide bonds. The molecule has 0 unspecified atom stereocenters. The van der Waals surface area contributed by atoms with Gasteiger partial charge in [0.1, 0.15) is 0 Å². The number of halogens is 2. The average molecular weight is 216 g/mol. The molecule has 0 atom stereocenters. The average Bonchev–Trinajstić information content (AvgIpc) is 2.14. The Morgan fingerprint density at radius 1 is 1.60 bits per heavy atom. The molecule has 0 saturated heterocycles. The molecule has 1 aromatic heterocycles. The van der Waals surface area contributed by atoms with Crippen molar-refractivity contribution in [2.45, 2.75) is 13.3 Å². The Morgan fingerprint density at radius 3 is 2.67 bits per heavy atom. The number of nitrogen functional groups attached to an aromatic ring is 1. The molecule has 15 heavy (non-hydrogen) atoms. The van der Waals surface area contributed by atoms with Crippen LogP contribution in [0.15, 0.2) is 6.07 Å². The minimum absolute atomic E-state index is 0.155. The van der Waals surface area contributed by atoms with Gasteiger partial charge in [-0.25, -0.2) is 18.6 Å². The highest BCUT2D eigenvalue weighted by atomic mass is 19.3. The van der Waals surface area contributed by atoms with Crippen LogP contribution in [-0.4, -0.2) is 18.1 Å². The highest BCUT2D eigenvalue weighted by Crippen LogP contribution is 2.28. The van der Waals surface area contributed by atoms with Crippen LogP contribution < -0.4 is 5.73 Å². The number of nitrogens with zero attached hydrogens (tertiary/aromatic N) is 1. The predicted molar refractivity (Wildman–Crippen MR) is 49.7 cm³/mol. The number of ether oxygens (including phenoxy) is 1. The van der Waals surface area contributed by atoms with Crippen molar-refractivity contribution in [2.24, 2.45) is 0 Å². The van der Waals surface area contributed by atoms with Crippen LogP contribution in [0.3, 0.4) is 0 Å². The van der Waals surface area contributed by atoms with Crippen LogP contribution >= 0.6 is 0 Å². The second kappa shape index (κ2) is 4.20. The Balaban J connectivity index is 3.40. The van der Waals surface area contributed by atoms with Gasteiger partial charge in [-0.15, -0.1) is 0 Å². The van der Waals surface area contributed by atoms with Gasteiger partial charge in [0.25, 0.3) is 6.43 Å². The SMILES string of the molecule is COC(=O)c1nc(C)cc(N)c1C(F)F. The molecule has 1 rings (SSSR count). The van der Waals surface area contributed by atoms with Gasteiger partial charge in [0.15, 0.2) is 5.69 Å². The van der Waals surface area contributed by atoms with Gasteiger partial charge in [0.2, 0.25) is 0 Å². The van der Waals surface area contributed by atoms with E-state index in [2.05, 4.69) is 9.72 Å². The van der Waals surface area contributed by atoms with Gasteiger partial charge in [-0.3, -0.25) is 0 Å². The monoisotopic (exact) mass is 216 g/mol. The third-order valence-corrected chi connectivity index (χ3v) is 1.82. The van der Waals surface area contributed by atoms with Crippen LogP contribution in [0.5, 0.6) is 0 Å². The lowest BCUT2D eigenvalue weighted by molar-refractivity contribution is 0.0581. The Labute approximate surface area is 85.1 Å². The van der Waals surface area contributed by atoms with E-state index < -0.39 is 23.7 Å². The minimum Gasteiger partial charge on any atom is -0.464 e. The molecule has 0 spiro atoms. The van der Waals surface area contributed by atoms with Crippen LogP contribution in [0.1, 0.15) is 28.2 Å². The zero-order valence-corrected chi connectivity index (χ0v) is 8.25. The zero-order chi connectivity index (χ0) is 11.6. The van der Waals surface area contributed by atoms with E-state index in [1.807, 2.05) is 0 Å². The fourth-order valence-electron chi connectivity index (χ4n) is 1.19. The van der Waals surface area contributed by atoms with Gasteiger partial charge in [0, 0.05) is 11.4 Å². The van der Waals surface area contributed by atoms with Crippen LogP contribution in [0.4, 0.5) is 14.5 Å². The number of hydrogen-bond acceptors (Lipinski definition) is 4. The number of esters is 1. The zero-order valence-electron chi connectivity index (χ0n) is 8.25. The van der Waals surface area contributed by atoms with E-state index in [-0.39, 0.29) is 5.69 Å². The van der Waals surface area contributed by atoms with Gasteiger partial charge in [-0.2, -0.15) is 0 Å². The molecule has 0 aliphatic heterocycles. The molecule has 0 aliphatic rings. The molecular formula is C9H10F2N2O2. The number of methoxy groups -OCH3 is 1. The number of alkyl halides is 2. The van der Waals surface area contributed by atoms with Crippen molar-refractivity contribution < 1.29 is 18.3 Å². The summed E-state index contributed by atoms with van der Waals surface area (Å²) >= 11 is 0. The Bertz CT molecular complexity index is 394. The first-order valence-corrected chi connectivity index (χ1v) is 4.10. The van der Waals surface area contributed by atoms with Crippen molar-refractivity contribution in [2.75, 3.05) is 12.8 Å². The summed E-state index contributed by atoms with van der Waals surface area (Å²) in [6.07, 6.45) is -2.85. The van der Waals surface area contributed by atoms with Crippen LogP contribution in [0.25, 0.3) is 0 Å². The molecule has 6 heteroatoms. The Hall–Kier alpha value is -1.72. The van der Waals surface area contributed by atoms with E-state index in [1.165, 1.54) is 6.07 Å². The lowest BCUT2D eigenvalue weighted by Gasteiger charge is -2.10. The van der Waals surface area contributed by atoms with Crippen molar-refractivity contribution in [3.63, 3.8) is 0 Å². The Kier molecular flexibility index (Phi) is 3.18. The predicted octanol–water partition coefficient (Wildman–Crippen LogP) is 1.70. The smallest absolute Gasteiger partial charge is 0.357 e. The standard InChI is InChI=1S/C9H10F2N2O2/c1-4-3-5(12)6(8(10)11)7(13-4)9(14)15-2/h3,8H,1-2H3,(H2,12,13). The summed E-state index contributed by atoms with van der Waals surface area (Å²) in [7, 11) is 1.10. The summed E-state index contributed by atoms with van der Waals surface area (Å²) in [5.41, 5.74) is 4.62. The molecule has 1 heterocycles. The maximum Gasteiger partial charge on any atom is 0.357 e. The van der Waals surface area contributed by atoms with E-state index in [1.54, 1.807) is 6.92 Å². The largest absolute Gasteiger partial charge is 0.464 e. The van der Waals surface area contributed by atoms with E-state index >= 15 is 0 Å². The topological polar surface area (TPSA) is 65.2 Å². The van der Waals surface area contributed by atoms with Crippen LogP contribution in [0.2, 0.25) is 0 Å². The highest BCUT2D eigenvalue weighted by molar-refractivity contribution is 5.90. The molecular weight excluding hydrogens is 206 g/mol. The summed E-state index contributed by atoms with van der Waals surface area (Å²) in [4.78, 5) is 14.9. The van der Waals surface area contributed by atoms with Gasteiger partial charge < -0.3 is 10.5 Å². The first-order chi connectivity index (χ1) is 6.97. The third-order valence-electron chi connectivity index (χ3n) is 1.82. The Morgan fingerprint density at radius 2 is 2.20 bits per heavy atom. The summed E-state index contributed by atoms with van der Waals surface area (Å²) in [5.74, 6) is -0.916. The summed E-state index contributed by atoms with van der Waals surface area (Å²) < 4.78 is 29.5. The van der Waals surface area contributed by atoms with Gasteiger partial charge in [0.05, 0.1) is 12.7 Å². The maximum atomic E-state index is 12.6. The molecule has 0 fully saturated rings. The van der Waals surface area contributed by atoms with Crippen molar-refractivity contribution in [3.05, 3.63) is 23.0 Å². The normalized spacial score (nSPS) is 10.5. The van der Waals surface area contributed by atoms with Gasteiger partial charge in [-0.1, -0.05) is 0 Å². The van der Waals surface area contributed by atoms with Crippen LogP contribution in [0, 0.1) is 6.92 Å². The number of aromatic nitrogens is 1. The highest BCUT2D eigenvalue weighted by Gasteiger charge is 2.23. The minimum atomic E-state index is -2.85. The van der Waals surface area contributed by atoms with E-state index in [0.717, 1.165) is 7.11 Å². The molecule has 0 aliphatic carbocycles. The number of aryl methyl sites for hydroxylation is 1. The second-order valence-corrected chi connectivity index (χ2v) is 2.91. The molecule has 0 radical (unpaired) electrons. The van der Waals surface area contributed by atoms with E-state index in [0.29, 0.717) is 5.69 Å². The summed E-state index contributed by atoms with van der Waals surface area (Å²) in [5, 5.41) is 0. The van der Waals surface area contributed by atoms with Gasteiger partial charge >= 0.3 is 5.97 Å². The van der Waals surface area contributed by atoms with E-state index in [4.69, 9.17) is 5.73 Å². The van der Waals surface area contributed by atoms with Crippen molar-refractivity contribution in [1.29, 1.82) is 0 Å². The molecule has 0 saturated carbocycles. The summed E-state index contributed by atoms with van der Waals surface area (Å²) in [6.45, 7) is 1.55. The fourth-order valence-corrected chi connectivity index (χ4v) is 1.19. The lowest BCUT2D eigenvalue weighted by atomic mass is 10.1. The first kappa shape index (κ1) is 11.4. The summed E-state index contributed by atoms with van der Waals surface area (Å²) in [6, 6.07) is 1.29. The van der Waals surface area contributed by atoms with Crippen molar-refractivity contribution >= 4 is 11.7 Å². The van der Waals surface area contributed by atoms with E-state index in [9.17, 15) is 13.6 Å². The number of carbonyl (C=O) groups excluding carboxylic acids is 1. The van der Waals surface area contributed by atoms with Crippen LogP contribution in [-0.2, 0) is 4.74 Å². The molecule has 0 aromatic carbocycles. The van der Waals surface area contributed by atoms with Crippen molar-refractivity contribution in [1.82, 2.24) is 4.98 Å². The first-order valence-electron chi connectivity index (χ1n) is 4.10. The number of rotatable bonds is 2. The molecule has 4 nitrogen and oxygen atoms in total. The number of pyridine rings is 1. The fraction of sp³-hybridized carbons (Fsp3) is 0.333. The quantitative estimate of drug-likeness (QED) is 0.764. The number of hydrogen-bond donors (Lipinski definition) is 1. The molecule has 1 aromatic rings. The number of nitrogens with two attached hydrogens (primary N) is 1. The molecule has 0 bridgehead atoms. The maximum absolute atomic E-state index is 12.6. The van der Waals surface area contributed by atoms with Gasteiger partial charge in [-0.05, 0) is 13.0 Å². The number of anilines is 1. The van der Waals surface area contributed by atoms with Crippen molar-refractivity contribution in [3.8, 4) is 0 Å². The molecule has 82 valence electrons. The lowest BCUT2D eigenvalue weighted by Crippen LogP contribution is -2.12. The number of carbonyl (C=O) groups is 1. The third kappa shape index (κ3) is 2.20.